The summed E-state index contributed by atoms with van der Waals surface area (Å²) in [6, 6.07) is 0.319. The maximum atomic E-state index is 5.95. The summed E-state index contributed by atoms with van der Waals surface area (Å²) in [6.45, 7) is 12.7. The first kappa shape index (κ1) is 21.5. The molecule has 3 aromatic rings. The molecule has 10 nitrogen and oxygen atoms in total. The van der Waals surface area contributed by atoms with Gasteiger partial charge in [-0.25, -0.2) is 9.67 Å². The first-order valence-corrected chi connectivity index (χ1v) is 11.0. The Bertz CT molecular complexity index is 1010. The molecule has 2 N–H and O–H groups in total. The molecule has 168 valence electrons. The highest BCUT2D eigenvalue weighted by atomic mass is 16.5. The van der Waals surface area contributed by atoms with Crippen LogP contribution in [0, 0.1) is 5.92 Å². The molecule has 0 aliphatic carbocycles. The van der Waals surface area contributed by atoms with Crippen LogP contribution in [0.25, 0.3) is 17.0 Å². The molecule has 3 atom stereocenters. The molecule has 0 bridgehead atoms. The third-order valence-electron chi connectivity index (χ3n) is 5.43. The van der Waals surface area contributed by atoms with Crippen molar-refractivity contribution >= 4 is 11.6 Å². The van der Waals surface area contributed by atoms with Gasteiger partial charge in [-0.05, 0) is 53.1 Å². The van der Waals surface area contributed by atoms with Gasteiger partial charge in [-0.3, -0.25) is 0 Å². The van der Waals surface area contributed by atoms with E-state index in [0.29, 0.717) is 41.7 Å². The molecule has 4 heterocycles. The highest BCUT2D eigenvalue weighted by Crippen LogP contribution is 2.27. The maximum absolute atomic E-state index is 5.95. The smallest absolute Gasteiger partial charge is 0.243 e. The summed E-state index contributed by atoms with van der Waals surface area (Å²) in [6.07, 6.45) is 6.26. The molecule has 1 saturated heterocycles. The van der Waals surface area contributed by atoms with Crippen LogP contribution in [0.5, 0.6) is 5.75 Å². The van der Waals surface area contributed by atoms with Crippen LogP contribution in [0.3, 0.4) is 0 Å². The molecular formula is C21H32N8O2. The molecule has 31 heavy (non-hydrogen) atoms. The highest BCUT2D eigenvalue weighted by molar-refractivity contribution is 5.63. The Morgan fingerprint density at radius 2 is 2.13 bits per heavy atom. The van der Waals surface area contributed by atoms with Crippen molar-refractivity contribution in [2.24, 2.45) is 5.92 Å². The lowest BCUT2D eigenvalue weighted by atomic mass is 9.95. The molecule has 0 radical (unpaired) electrons. The molecule has 4 rings (SSSR count). The van der Waals surface area contributed by atoms with Crippen LogP contribution in [-0.2, 0) is 4.74 Å². The molecule has 0 saturated carbocycles. The number of fused-ring (bicyclic) bond motifs is 1. The van der Waals surface area contributed by atoms with Crippen molar-refractivity contribution < 1.29 is 9.47 Å². The zero-order valence-electron chi connectivity index (χ0n) is 18.9. The highest BCUT2D eigenvalue weighted by Gasteiger charge is 2.24. The van der Waals surface area contributed by atoms with Gasteiger partial charge in [-0.1, -0.05) is 6.92 Å². The fourth-order valence-corrected chi connectivity index (χ4v) is 3.81. The number of anilines is 1. The standard InChI is InChI=1S/C21H32N8O2/c1-6-30-15(5)28-12-16(10-24-28)19-23-11-18(31-13(2)3)20-26-21(27-29(19)20)25-17-7-8-22-9-14(17)4/h10-15,17,22H,6-9H2,1-5H3,(H,25,27)/t14-,15?,17+/m1/s1. The predicted octanol–water partition coefficient (Wildman–Crippen LogP) is 2.74. The van der Waals surface area contributed by atoms with E-state index >= 15 is 0 Å². The van der Waals surface area contributed by atoms with Gasteiger partial charge in [0.05, 0.1) is 24.1 Å². The van der Waals surface area contributed by atoms with E-state index in [4.69, 9.17) is 19.6 Å². The van der Waals surface area contributed by atoms with E-state index in [2.05, 4.69) is 27.6 Å². The monoisotopic (exact) mass is 428 g/mol. The van der Waals surface area contributed by atoms with E-state index in [1.54, 1.807) is 21.6 Å². The maximum Gasteiger partial charge on any atom is 0.243 e. The van der Waals surface area contributed by atoms with Gasteiger partial charge in [0.2, 0.25) is 11.6 Å². The fraction of sp³-hybridized carbons (Fsp3) is 0.619. The minimum Gasteiger partial charge on any atom is -0.485 e. The summed E-state index contributed by atoms with van der Waals surface area (Å²) in [7, 11) is 0. The zero-order valence-corrected chi connectivity index (χ0v) is 18.9. The van der Waals surface area contributed by atoms with Gasteiger partial charge >= 0.3 is 0 Å². The number of hydrogen-bond acceptors (Lipinski definition) is 8. The normalized spacial score (nSPS) is 20.3. The Morgan fingerprint density at radius 3 is 2.87 bits per heavy atom. The Kier molecular flexibility index (Phi) is 6.38. The summed E-state index contributed by atoms with van der Waals surface area (Å²) < 4.78 is 15.1. The number of nitrogens with one attached hydrogen (secondary N) is 2. The van der Waals surface area contributed by atoms with Gasteiger partial charge in [0.1, 0.15) is 6.23 Å². The van der Waals surface area contributed by atoms with Crippen LogP contribution in [0.2, 0.25) is 0 Å². The van der Waals surface area contributed by atoms with Gasteiger partial charge in [0, 0.05) is 18.8 Å². The second-order valence-corrected chi connectivity index (χ2v) is 8.27. The van der Waals surface area contributed by atoms with Crippen molar-refractivity contribution in [2.45, 2.75) is 59.4 Å². The number of piperidine rings is 1. The quantitative estimate of drug-likeness (QED) is 0.565. The third-order valence-corrected chi connectivity index (χ3v) is 5.43. The molecule has 1 unspecified atom stereocenters. The number of rotatable bonds is 8. The Morgan fingerprint density at radius 1 is 1.29 bits per heavy atom. The van der Waals surface area contributed by atoms with Crippen LogP contribution >= 0.6 is 0 Å². The largest absolute Gasteiger partial charge is 0.485 e. The molecule has 10 heteroatoms. The molecule has 0 amide bonds. The zero-order chi connectivity index (χ0) is 22.0. The summed E-state index contributed by atoms with van der Waals surface area (Å²) in [5, 5.41) is 16.1. The van der Waals surface area contributed by atoms with Gasteiger partial charge in [0.15, 0.2) is 11.6 Å². The molecular weight excluding hydrogens is 396 g/mol. The van der Waals surface area contributed by atoms with Gasteiger partial charge in [-0.2, -0.15) is 14.6 Å². The topological polar surface area (TPSA) is 103 Å². The lowest BCUT2D eigenvalue weighted by Gasteiger charge is -2.29. The summed E-state index contributed by atoms with van der Waals surface area (Å²) in [5.74, 6) is 2.33. The Hall–Kier alpha value is -2.72. The fourth-order valence-electron chi connectivity index (χ4n) is 3.81. The van der Waals surface area contributed by atoms with Crippen molar-refractivity contribution in [1.29, 1.82) is 0 Å². The van der Waals surface area contributed by atoms with Crippen molar-refractivity contribution in [3.8, 4) is 17.1 Å². The number of hydrogen-bond donors (Lipinski definition) is 2. The van der Waals surface area contributed by atoms with E-state index in [-0.39, 0.29) is 12.3 Å². The molecule has 1 aliphatic heterocycles. The Labute approximate surface area is 182 Å². The molecule has 0 spiro atoms. The first-order valence-electron chi connectivity index (χ1n) is 11.0. The molecule has 3 aromatic heterocycles. The van der Waals surface area contributed by atoms with Gasteiger partial charge in [-0.15, -0.1) is 5.10 Å². The molecule has 0 aromatic carbocycles. The van der Waals surface area contributed by atoms with Gasteiger partial charge in [0.25, 0.3) is 0 Å². The number of aromatic nitrogens is 6. The summed E-state index contributed by atoms with van der Waals surface area (Å²) in [4.78, 5) is 9.38. The average molecular weight is 429 g/mol. The predicted molar refractivity (Wildman–Crippen MR) is 118 cm³/mol. The van der Waals surface area contributed by atoms with Crippen LogP contribution in [0.4, 0.5) is 5.95 Å². The minimum atomic E-state index is -0.160. The SMILES string of the molecule is CCOC(C)n1cc(-c2ncc(OC(C)C)c3nc(N[C@H]4CCNC[C@H]4C)nn23)cn1. The van der Waals surface area contributed by atoms with Crippen molar-refractivity contribution in [3.05, 3.63) is 18.6 Å². The van der Waals surface area contributed by atoms with Crippen LogP contribution in [0.1, 0.15) is 47.3 Å². The number of nitrogens with zero attached hydrogens (tertiary/aromatic N) is 6. The minimum absolute atomic E-state index is 0.00351. The van der Waals surface area contributed by atoms with Crippen molar-refractivity contribution in [3.63, 3.8) is 0 Å². The van der Waals surface area contributed by atoms with Crippen LogP contribution < -0.4 is 15.4 Å². The van der Waals surface area contributed by atoms with E-state index < -0.39 is 0 Å². The van der Waals surface area contributed by atoms with E-state index in [0.717, 1.165) is 25.1 Å². The second kappa shape index (κ2) is 9.19. The van der Waals surface area contributed by atoms with E-state index in [9.17, 15) is 0 Å². The van der Waals surface area contributed by atoms with Crippen LogP contribution in [-0.4, -0.2) is 61.2 Å². The number of ether oxygens (including phenoxy) is 2. The Balaban J connectivity index is 1.71. The summed E-state index contributed by atoms with van der Waals surface area (Å²) in [5.41, 5.74) is 1.47. The molecule has 1 fully saturated rings. The lowest BCUT2D eigenvalue weighted by molar-refractivity contribution is 0.0160. The average Bonchev–Trinajstić information content (AvgIpc) is 3.37. The molecule has 1 aliphatic rings. The van der Waals surface area contributed by atoms with E-state index in [1.807, 2.05) is 33.9 Å². The lowest BCUT2D eigenvalue weighted by Crippen LogP contribution is -2.42. The van der Waals surface area contributed by atoms with Crippen molar-refractivity contribution in [2.75, 3.05) is 25.0 Å². The second-order valence-electron chi connectivity index (χ2n) is 8.27. The third kappa shape index (κ3) is 4.64. The van der Waals surface area contributed by atoms with Crippen molar-refractivity contribution in [1.82, 2.24) is 34.7 Å². The van der Waals surface area contributed by atoms with Crippen LogP contribution in [0.15, 0.2) is 18.6 Å². The summed E-state index contributed by atoms with van der Waals surface area (Å²) >= 11 is 0. The van der Waals surface area contributed by atoms with Gasteiger partial charge < -0.3 is 20.1 Å². The van der Waals surface area contributed by atoms with E-state index in [1.165, 1.54) is 0 Å². The first-order chi connectivity index (χ1) is 15.0.